The van der Waals surface area contributed by atoms with Crippen LogP contribution in [-0.4, -0.2) is 11.5 Å². The molecule has 0 fully saturated rings. The Labute approximate surface area is 93.4 Å². The predicted molar refractivity (Wildman–Crippen MR) is 59.5 cm³/mol. The molecule has 4 heteroatoms. The summed E-state index contributed by atoms with van der Waals surface area (Å²) in [6.45, 7) is 5.37. The highest BCUT2D eigenvalue weighted by molar-refractivity contribution is 6.31. The molecule has 2 rings (SSSR count). The third-order valence-corrected chi connectivity index (χ3v) is 2.61. The molecule has 0 unspecified atom stereocenters. The zero-order valence-corrected chi connectivity index (χ0v) is 9.61. The number of halogens is 1. The van der Waals surface area contributed by atoms with Crippen LogP contribution in [0.15, 0.2) is 12.1 Å². The maximum atomic E-state index is 11.6. The molecule has 1 aromatic rings. The SMILES string of the molecule is Cc1cc(Cl)cc2c1OC(C)(C)C(=O)N2. The Morgan fingerprint density at radius 2 is 2.07 bits per heavy atom. The lowest BCUT2D eigenvalue weighted by Gasteiger charge is -2.32. The Kier molecular flexibility index (Phi) is 2.15. The first-order valence-corrected chi connectivity index (χ1v) is 5.08. The number of rotatable bonds is 0. The number of benzene rings is 1. The molecule has 0 bridgehead atoms. The molecule has 1 amide bonds. The van der Waals surface area contributed by atoms with Gasteiger partial charge in [-0.1, -0.05) is 11.6 Å². The fraction of sp³-hybridized carbons (Fsp3) is 0.364. The van der Waals surface area contributed by atoms with Crippen molar-refractivity contribution in [2.24, 2.45) is 0 Å². The third-order valence-electron chi connectivity index (χ3n) is 2.39. The minimum absolute atomic E-state index is 0.156. The average molecular weight is 226 g/mol. The summed E-state index contributed by atoms with van der Waals surface area (Å²) in [4.78, 5) is 11.6. The Morgan fingerprint density at radius 3 is 2.73 bits per heavy atom. The summed E-state index contributed by atoms with van der Waals surface area (Å²) in [5.41, 5.74) is 0.737. The Hall–Kier alpha value is -1.22. The molecule has 1 aliphatic heterocycles. The minimum atomic E-state index is -0.828. The molecule has 15 heavy (non-hydrogen) atoms. The van der Waals surface area contributed by atoms with Gasteiger partial charge in [0.25, 0.3) is 5.91 Å². The van der Waals surface area contributed by atoms with E-state index >= 15 is 0 Å². The molecule has 0 spiro atoms. The van der Waals surface area contributed by atoms with Gasteiger partial charge in [-0.15, -0.1) is 0 Å². The van der Waals surface area contributed by atoms with Crippen LogP contribution in [0.25, 0.3) is 0 Å². The maximum absolute atomic E-state index is 11.6. The zero-order valence-electron chi connectivity index (χ0n) is 8.85. The molecule has 0 radical (unpaired) electrons. The molecule has 3 nitrogen and oxygen atoms in total. The van der Waals surface area contributed by atoms with Crippen molar-refractivity contribution in [2.75, 3.05) is 5.32 Å². The van der Waals surface area contributed by atoms with E-state index in [-0.39, 0.29) is 5.91 Å². The largest absolute Gasteiger partial charge is 0.476 e. The van der Waals surface area contributed by atoms with E-state index in [4.69, 9.17) is 16.3 Å². The molecule has 0 atom stereocenters. The van der Waals surface area contributed by atoms with Crippen LogP contribution in [0, 0.1) is 6.92 Å². The van der Waals surface area contributed by atoms with Crippen molar-refractivity contribution in [3.8, 4) is 5.75 Å². The predicted octanol–water partition coefficient (Wildman–Crippen LogP) is 2.76. The van der Waals surface area contributed by atoms with Crippen LogP contribution in [-0.2, 0) is 4.79 Å². The Balaban J connectivity index is 2.55. The molecule has 80 valence electrons. The molecular formula is C11H12ClNO2. The van der Waals surface area contributed by atoms with Crippen LogP contribution in [0.5, 0.6) is 5.75 Å². The van der Waals surface area contributed by atoms with E-state index in [9.17, 15) is 4.79 Å². The quantitative estimate of drug-likeness (QED) is 0.737. The number of carbonyl (C=O) groups is 1. The van der Waals surface area contributed by atoms with Crippen molar-refractivity contribution in [3.05, 3.63) is 22.7 Å². The van der Waals surface area contributed by atoms with Gasteiger partial charge in [0.2, 0.25) is 0 Å². The second kappa shape index (κ2) is 3.14. The number of anilines is 1. The topological polar surface area (TPSA) is 38.3 Å². The van der Waals surface area contributed by atoms with Crippen molar-refractivity contribution in [1.29, 1.82) is 0 Å². The average Bonchev–Trinajstić information content (AvgIpc) is 2.09. The lowest BCUT2D eigenvalue weighted by molar-refractivity contribution is -0.129. The molecule has 0 saturated carbocycles. The van der Waals surface area contributed by atoms with Gasteiger partial charge in [0.1, 0.15) is 5.75 Å². The van der Waals surface area contributed by atoms with Crippen LogP contribution in [0.3, 0.4) is 0 Å². The highest BCUT2D eigenvalue weighted by Gasteiger charge is 2.36. The van der Waals surface area contributed by atoms with E-state index in [1.54, 1.807) is 19.9 Å². The smallest absolute Gasteiger partial charge is 0.268 e. The van der Waals surface area contributed by atoms with Crippen molar-refractivity contribution in [3.63, 3.8) is 0 Å². The molecule has 1 N–H and O–H groups in total. The lowest BCUT2D eigenvalue weighted by Crippen LogP contribution is -2.45. The number of nitrogens with one attached hydrogen (secondary N) is 1. The first-order chi connectivity index (χ1) is 6.90. The van der Waals surface area contributed by atoms with Gasteiger partial charge in [-0.05, 0) is 38.5 Å². The van der Waals surface area contributed by atoms with Gasteiger partial charge in [0, 0.05) is 5.02 Å². The minimum Gasteiger partial charge on any atom is -0.476 e. The first-order valence-electron chi connectivity index (χ1n) is 4.71. The van der Waals surface area contributed by atoms with Crippen LogP contribution in [0.4, 0.5) is 5.69 Å². The molecule has 1 heterocycles. The summed E-state index contributed by atoms with van der Waals surface area (Å²) < 4.78 is 5.65. The molecule has 0 aromatic heterocycles. The van der Waals surface area contributed by atoms with Crippen LogP contribution < -0.4 is 10.1 Å². The summed E-state index contributed by atoms with van der Waals surface area (Å²) in [5, 5.41) is 3.38. The van der Waals surface area contributed by atoms with E-state index in [1.807, 2.05) is 13.0 Å². The number of aryl methyl sites for hydroxylation is 1. The molecule has 0 saturated heterocycles. The fourth-order valence-corrected chi connectivity index (χ4v) is 1.81. The van der Waals surface area contributed by atoms with Gasteiger partial charge in [-0.25, -0.2) is 0 Å². The summed E-state index contributed by atoms with van der Waals surface area (Å²) >= 11 is 5.89. The van der Waals surface area contributed by atoms with Crippen molar-refractivity contribution in [1.82, 2.24) is 0 Å². The van der Waals surface area contributed by atoms with Crippen LogP contribution in [0.2, 0.25) is 5.02 Å². The molecule has 1 aromatic carbocycles. The molecule has 1 aliphatic rings. The van der Waals surface area contributed by atoms with Crippen LogP contribution >= 0.6 is 11.6 Å². The number of ether oxygens (including phenoxy) is 1. The fourth-order valence-electron chi connectivity index (χ4n) is 1.53. The van der Waals surface area contributed by atoms with Gasteiger partial charge >= 0.3 is 0 Å². The maximum Gasteiger partial charge on any atom is 0.268 e. The molecule has 0 aliphatic carbocycles. The van der Waals surface area contributed by atoms with E-state index in [0.29, 0.717) is 16.5 Å². The van der Waals surface area contributed by atoms with Gasteiger partial charge in [-0.2, -0.15) is 0 Å². The third kappa shape index (κ3) is 1.67. The standard InChI is InChI=1S/C11H12ClNO2/c1-6-4-7(12)5-8-9(6)15-11(2,3)10(14)13-8/h4-5H,1-3H3,(H,13,14). The second-order valence-electron chi connectivity index (χ2n) is 4.17. The van der Waals surface area contributed by atoms with Gasteiger partial charge in [-0.3, -0.25) is 4.79 Å². The zero-order chi connectivity index (χ0) is 11.2. The molecular weight excluding hydrogens is 214 g/mol. The lowest BCUT2D eigenvalue weighted by atomic mass is 10.0. The number of amides is 1. The number of carbonyl (C=O) groups excluding carboxylic acids is 1. The Bertz CT molecular complexity index is 440. The van der Waals surface area contributed by atoms with Crippen molar-refractivity contribution in [2.45, 2.75) is 26.4 Å². The highest BCUT2D eigenvalue weighted by Crippen LogP contribution is 2.38. The van der Waals surface area contributed by atoms with E-state index in [0.717, 1.165) is 5.56 Å². The first kappa shape index (κ1) is 10.3. The van der Waals surface area contributed by atoms with Gasteiger partial charge in [0.15, 0.2) is 5.60 Å². The summed E-state index contributed by atoms with van der Waals surface area (Å²) in [7, 11) is 0. The number of hydrogen-bond donors (Lipinski definition) is 1. The van der Waals surface area contributed by atoms with Gasteiger partial charge in [0.05, 0.1) is 5.69 Å². The summed E-state index contributed by atoms with van der Waals surface area (Å²) in [6.07, 6.45) is 0. The van der Waals surface area contributed by atoms with Gasteiger partial charge < -0.3 is 10.1 Å². The monoisotopic (exact) mass is 225 g/mol. The van der Waals surface area contributed by atoms with Crippen molar-refractivity contribution < 1.29 is 9.53 Å². The normalized spacial score (nSPS) is 17.7. The summed E-state index contributed by atoms with van der Waals surface area (Å²) in [6, 6.07) is 3.50. The van der Waals surface area contributed by atoms with E-state index < -0.39 is 5.60 Å². The number of fused-ring (bicyclic) bond motifs is 1. The highest BCUT2D eigenvalue weighted by atomic mass is 35.5. The van der Waals surface area contributed by atoms with E-state index in [2.05, 4.69) is 5.32 Å². The van der Waals surface area contributed by atoms with E-state index in [1.165, 1.54) is 0 Å². The van der Waals surface area contributed by atoms with Crippen molar-refractivity contribution >= 4 is 23.2 Å². The Morgan fingerprint density at radius 1 is 1.40 bits per heavy atom. The summed E-state index contributed by atoms with van der Waals surface area (Å²) in [5.74, 6) is 0.542. The second-order valence-corrected chi connectivity index (χ2v) is 4.60. The number of hydrogen-bond acceptors (Lipinski definition) is 2. The van der Waals surface area contributed by atoms with Crippen LogP contribution in [0.1, 0.15) is 19.4 Å².